The van der Waals surface area contributed by atoms with Crippen LogP contribution in [0.3, 0.4) is 0 Å². The largest absolute Gasteiger partial charge is 0.392 e. The Hall–Kier alpha value is -1.72. The van der Waals surface area contributed by atoms with Crippen molar-refractivity contribution in [2.45, 2.75) is 19.7 Å². The van der Waals surface area contributed by atoms with Gasteiger partial charge in [-0.1, -0.05) is 24.3 Å². The molecule has 0 spiro atoms. The smallest absolute Gasteiger partial charge is 0.164 e. The van der Waals surface area contributed by atoms with Gasteiger partial charge in [0.05, 0.1) is 13.2 Å². The lowest BCUT2D eigenvalue weighted by Crippen LogP contribution is -2.14. The highest BCUT2D eigenvalue weighted by atomic mass is 16.3. The highest BCUT2D eigenvalue weighted by Crippen LogP contribution is 2.04. The zero-order valence-electron chi connectivity index (χ0n) is 9.80. The van der Waals surface area contributed by atoms with E-state index in [-0.39, 0.29) is 6.61 Å². The molecular weight excluding hydrogens is 216 g/mol. The first-order valence-corrected chi connectivity index (χ1v) is 5.52. The molecule has 0 fully saturated rings. The lowest BCUT2D eigenvalue weighted by atomic mass is 10.1. The number of hydrogen-bond donors (Lipinski definition) is 2. The molecule has 90 valence electrons. The number of hydrogen-bond acceptors (Lipinski definition) is 4. The van der Waals surface area contributed by atoms with Crippen LogP contribution in [0.1, 0.15) is 17.0 Å². The second-order valence-corrected chi connectivity index (χ2v) is 3.91. The summed E-state index contributed by atoms with van der Waals surface area (Å²) in [5.74, 6) is 0.791. The molecule has 1 heterocycles. The Morgan fingerprint density at radius 1 is 1.18 bits per heavy atom. The number of nitrogens with zero attached hydrogens (tertiary/aromatic N) is 3. The summed E-state index contributed by atoms with van der Waals surface area (Å²) in [7, 11) is 1.85. The van der Waals surface area contributed by atoms with Gasteiger partial charge in [-0.05, 0) is 11.1 Å². The van der Waals surface area contributed by atoms with Crippen LogP contribution in [0.5, 0.6) is 0 Å². The maximum atomic E-state index is 8.92. The van der Waals surface area contributed by atoms with Crippen molar-refractivity contribution in [1.82, 2.24) is 20.1 Å². The molecule has 0 aliphatic rings. The van der Waals surface area contributed by atoms with Gasteiger partial charge in [0, 0.05) is 13.6 Å². The topological polar surface area (TPSA) is 63.0 Å². The van der Waals surface area contributed by atoms with Gasteiger partial charge in [-0.15, -0.1) is 0 Å². The van der Waals surface area contributed by atoms with E-state index < -0.39 is 0 Å². The molecule has 0 bridgehead atoms. The first-order chi connectivity index (χ1) is 8.28. The Balaban J connectivity index is 1.81. The van der Waals surface area contributed by atoms with Crippen molar-refractivity contribution in [3.8, 4) is 0 Å². The SMILES string of the molecule is Cn1cnc(CNCc2ccc(CO)cc2)n1. The predicted molar refractivity (Wildman–Crippen MR) is 63.9 cm³/mol. The summed E-state index contributed by atoms with van der Waals surface area (Å²) in [5, 5.41) is 16.4. The van der Waals surface area contributed by atoms with Crippen LogP contribution >= 0.6 is 0 Å². The lowest BCUT2D eigenvalue weighted by molar-refractivity contribution is 0.282. The number of aliphatic hydroxyl groups is 1. The second kappa shape index (κ2) is 5.56. The van der Waals surface area contributed by atoms with Crippen LogP contribution in [0.4, 0.5) is 0 Å². The van der Waals surface area contributed by atoms with Gasteiger partial charge in [-0.2, -0.15) is 5.10 Å². The average molecular weight is 232 g/mol. The van der Waals surface area contributed by atoms with Crippen LogP contribution in [0.25, 0.3) is 0 Å². The summed E-state index contributed by atoms with van der Waals surface area (Å²) < 4.78 is 1.69. The maximum absolute atomic E-state index is 8.92. The molecule has 0 atom stereocenters. The van der Waals surface area contributed by atoms with Crippen molar-refractivity contribution in [2.75, 3.05) is 0 Å². The number of nitrogens with one attached hydrogen (secondary N) is 1. The molecule has 0 aliphatic carbocycles. The zero-order chi connectivity index (χ0) is 12.1. The van der Waals surface area contributed by atoms with E-state index in [4.69, 9.17) is 5.11 Å². The Bertz CT molecular complexity index is 464. The van der Waals surface area contributed by atoms with Gasteiger partial charge in [0.15, 0.2) is 5.82 Å². The van der Waals surface area contributed by atoms with Crippen LogP contribution in [-0.2, 0) is 26.7 Å². The Morgan fingerprint density at radius 2 is 1.88 bits per heavy atom. The van der Waals surface area contributed by atoms with Crippen LogP contribution in [0.15, 0.2) is 30.6 Å². The van der Waals surface area contributed by atoms with Crippen LogP contribution < -0.4 is 5.32 Å². The Morgan fingerprint density at radius 3 is 2.47 bits per heavy atom. The summed E-state index contributed by atoms with van der Waals surface area (Å²) in [6.07, 6.45) is 1.69. The van der Waals surface area contributed by atoms with Crippen molar-refractivity contribution in [3.05, 3.63) is 47.5 Å². The van der Waals surface area contributed by atoms with E-state index >= 15 is 0 Å². The van der Waals surface area contributed by atoms with Gasteiger partial charge < -0.3 is 10.4 Å². The fourth-order valence-electron chi connectivity index (χ4n) is 1.55. The van der Waals surface area contributed by atoms with Crippen molar-refractivity contribution >= 4 is 0 Å². The molecule has 2 N–H and O–H groups in total. The molecule has 2 rings (SSSR count). The molecule has 0 saturated heterocycles. The van der Waals surface area contributed by atoms with Crippen molar-refractivity contribution in [1.29, 1.82) is 0 Å². The molecule has 17 heavy (non-hydrogen) atoms. The average Bonchev–Trinajstić information content (AvgIpc) is 2.76. The van der Waals surface area contributed by atoms with Gasteiger partial charge in [-0.3, -0.25) is 4.68 Å². The van der Waals surface area contributed by atoms with E-state index in [9.17, 15) is 0 Å². The van der Waals surface area contributed by atoms with Crippen LogP contribution in [0, 0.1) is 0 Å². The molecule has 0 aliphatic heterocycles. The standard InChI is InChI=1S/C12H16N4O/c1-16-9-14-12(15-16)7-13-6-10-2-4-11(8-17)5-3-10/h2-5,9,13,17H,6-8H2,1H3. The minimum atomic E-state index is 0.0889. The van der Waals surface area contributed by atoms with Gasteiger partial charge in [0.1, 0.15) is 6.33 Å². The molecule has 2 aromatic rings. The minimum absolute atomic E-state index is 0.0889. The van der Waals surface area contributed by atoms with Gasteiger partial charge in [0.2, 0.25) is 0 Å². The molecule has 0 saturated carbocycles. The molecular formula is C12H16N4O. The lowest BCUT2D eigenvalue weighted by Gasteiger charge is -2.03. The van der Waals surface area contributed by atoms with Crippen LogP contribution in [-0.4, -0.2) is 19.9 Å². The highest BCUT2D eigenvalue weighted by Gasteiger charge is 1.98. The minimum Gasteiger partial charge on any atom is -0.392 e. The van der Waals surface area contributed by atoms with E-state index in [1.807, 2.05) is 31.3 Å². The maximum Gasteiger partial charge on any atom is 0.164 e. The number of rotatable bonds is 5. The quantitative estimate of drug-likeness (QED) is 0.792. The van der Waals surface area contributed by atoms with Gasteiger partial charge in [0.25, 0.3) is 0 Å². The zero-order valence-corrected chi connectivity index (χ0v) is 9.80. The normalized spacial score (nSPS) is 10.7. The van der Waals surface area contributed by atoms with E-state index in [1.54, 1.807) is 11.0 Å². The molecule has 5 heteroatoms. The molecule has 0 unspecified atom stereocenters. The van der Waals surface area contributed by atoms with E-state index in [1.165, 1.54) is 5.56 Å². The summed E-state index contributed by atoms with van der Waals surface area (Å²) >= 11 is 0. The summed E-state index contributed by atoms with van der Waals surface area (Å²) in [6.45, 7) is 1.51. The first-order valence-electron chi connectivity index (χ1n) is 5.52. The van der Waals surface area contributed by atoms with Crippen molar-refractivity contribution in [2.24, 2.45) is 7.05 Å². The van der Waals surface area contributed by atoms with E-state index in [0.717, 1.165) is 17.9 Å². The van der Waals surface area contributed by atoms with Gasteiger partial charge >= 0.3 is 0 Å². The third kappa shape index (κ3) is 3.37. The number of aryl methyl sites for hydroxylation is 1. The fourth-order valence-corrected chi connectivity index (χ4v) is 1.55. The van der Waals surface area contributed by atoms with Gasteiger partial charge in [-0.25, -0.2) is 4.98 Å². The highest BCUT2D eigenvalue weighted by molar-refractivity contribution is 5.21. The van der Waals surface area contributed by atoms with Crippen molar-refractivity contribution < 1.29 is 5.11 Å². The summed E-state index contributed by atoms with van der Waals surface area (Å²) in [6, 6.07) is 7.86. The monoisotopic (exact) mass is 232 g/mol. The van der Waals surface area contributed by atoms with Crippen LogP contribution in [0.2, 0.25) is 0 Å². The Kier molecular flexibility index (Phi) is 3.85. The Labute approximate surface area is 100 Å². The summed E-state index contributed by atoms with van der Waals surface area (Å²) in [4.78, 5) is 4.13. The number of aliphatic hydroxyl groups excluding tert-OH is 1. The predicted octanol–water partition coefficient (Wildman–Crippen LogP) is 0.597. The molecule has 1 aromatic heterocycles. The molecule has 0 amide bonds. The molecule has 1 aromatic carbocycles. The summed E-state index contributed by atoms with van der Waals surface area (Å²) in [5.41, 5.74) is 2.11. The third-order valence-corrected chi connectivity index (χ3v) is 2.46. The fraction of sp³-hybridized carbons (Fsp3) is 0.333. The second-order valence-electron chi connectivity index (χ2n) is 3.91. The van der Waals surface area contributed by atoms with Crippen molar-refractivity contribution in [3.63, 3.8) is 0 Å². The first kappa shape index (κ1) is 11.8. The number of aromatic nitrogens is 3. The van der Waals surface area contributed by atoms with E-state index in [0.29, 0.717) is 6.54 Å². The molecule has 0 radical (unpaired) electrons. The third-order valence-electron chi connectivity index (χ3n) is 2.46. The number of benzene rings is 1. The molecule has 5 nitrogen and oxygen atoms in total. The van der Waals surface area contributed by atoms with E-state index in [2.05, 4.69) is 15.4 Å².